The van der Waals surface area contributed by atoms with Crippen LogP contribution in [0.2, 0.25) is 0 Å². The number of benzene rings is 1. The van der Waals surface area contributed by atoms with Crippen molar-refractivity contribution >= 4 is 22.7 Å². The van der Waals surface area contributed by atoms with Gasteiger partial charge < -0.3 is 0 Å². The van der Waals surface area contributed by atoms with Crippen LogP contribution in [0.15, 0.2) is 29.1 Å². The number of rotatable bonds is 3. The van der Waals surface area contributed by atoms with Crippen molar-refractivity contribution in [3.8, 4) is 0 Å². The monoisotopic (exact) mass is 248 g/mol. The SMILES string of the molecule is Cc1nc2ccccc2c(=O)n1CSC(C)C. The summed E-state index contributed by atoms with van der Waals surface area (Å²) in [7, 11) is 0. The molecule has 0 radical (unpaired) electrons. The fourth-order valence-corrected chi connectivity index (χ4v) is 2.41. The molecule has 0 amide bonds. The minimum Gasteiger partial charge on any atom is -0.286 e. The molecule has 0 saturated heterocycles. The van der Waals surface area contributed by atoms with Gasteiger partial charge in [0.25, 0.3) is 5.56 Å². The summed E-state index contributed by atoms with van der Waals surface area (Å²) in [4.78, 5) is 16.7. The molecular formula is C13H16N2OS. The van der Waals surface area contributed by atoms with Gasteiger partial charge in [0.1, 0.15) is 5.82 Å². The summed E-state index contributed by atoms with van der Waals surface area (Å²) < 4.78 is 1.74. The highest BCUT2D eigenvalue weighted by atomic mass is 32.2. The van der Waals surface area contributed by atoms with Crippen molar-refractivity contribution in [1.82, 2.24) is 9.55 Å². The summed E-state index contributed by atoms with van der Waals surface area (Å²) in [5, 5.41) is 1.20. The van der Waals surface area contributed by atoms with E-state index in [2.05, 4.69) is 18.8 Å². The topological polar surface area (TPSA) is 34.9 Å². The van der Waals surface area contributed by atoms with Crippen LogP contribution in [-0.2, 0) is 5.88 Å². The zero-order valence-corrected chi connectivity index (χ0v) is 11.1. The largest absolute Gasteiger partial charge is 0.286 e. The van der Waals surface area contributed by atoms with E-state index in [1.807, 2.05) is 31.2 Å². The van der Waals surface area contributed by atoms with E-state index in [1.165, 1.54) is 0 Å². The Labute approximate surface area is 105 Å². The maximum absolute atomic E-state index is 12.3. The van der Waals surface area contributed by atoms with E-state index < -0.39 is 0 Å². The summed E-state index contributed by atoms with van der Waals surface area (Å²) in [5.74, 6) is 1.45. The van der Waals surface area contributed by atoms with Crippen molar-refractivity contribution in [2.24, 2.45) is 0 Å². The Kier molecular flexibility index (Phi) is 3.52. The van der Waals surface area contributed by atoms with Crippen LogP contribution < -0.4 is 5.56 Å². The molecule has 0 N–H and O–H groups in total. The van der Waals surface area contributed by atoms with Gasteiger partial charge in [-0.15, -0.1) is 11.8 Å². The Bertz CT molecular complexity index is 589. The number of thioether (sulfide) groups is 1. The fourth-order valence-electron chi connectivity index (χ4n) is 1.65. The molecule has 0 fully saturated rings. The predicted molar refractivity (Wildman–Crippen MR) is 73.5 cm³/mol. The van der Waals surface area contributed by atoms with Gasteiger partial charge in [0, 0.05) is 5.25 Å². The van der Waals surface area contributed by atoms with Gasteiger partial charge >= 0.3 is 0 Å². The summed E-state index contributed by atoms with van der Waals surface area (Å²) in [5.41, 5.74) is 0.835. The quantitative estimate of drug-likeness (QED) is 0.837. The third-order valence-corrected chi connectivity index (χ3v) is 3.66. The molecule has 2 rings (SSSR count). The summed E-state index contributed by atoms with van der Waals surface area (Å²) >= 11 is 1.74. The van der Waals surface area contributed by atoms with Crippen LogP contribution in [0.3, 0.4) is 0 Å². The van der Waals surface area contributed by atoms with E-state index in [9.17, 15) is 4.79 Å². The van der Waals surface area contributed by atoms with Gasteiger partial charge in [0.05, 0.1) is 16.8 Å². The van der Waals surface area contributed by atoms with Crippen LogP contribution >= 0.6 is 11.8 Å². The normalized spacial score (nSPS) is 11.3. The number of aryl methyl sites for hydroxylation is 1. The fraction of sp³-hybridized carbons (Fsp3) is 0.385. The molecule has 0 aliphatic heterocycles. The van der Waals surface area contributed by atoms with E-state index in [0.717, 1.165) is 11.3 Å². The maximum atomic E-state index is 12.3. The van der Waals surface area contributed by atoms with E-state index in [-0.39, 0.29) is 5.56 Å². The number of para-hydroxylation sites is 1. The van der Waals surface area contributed by atoms with Crippen LogP contribution in [0.25, 0.3) is 10.9 Å². The molecule has 0 bridgehead atoms. The van der Waals surface area contributed by atoms with Crippen LogP contribution in [0.5, 0.6) is 0 Å². The second-order valence-corrected chi connectivity index (χ2v) is 5.79. The number of hydrogen-bond donors (Lipinski definition) is 0. The average Bonchev–Trinajstić information content (AvgIpc) is 2.28. The molecule has 90 valence electrons. The molecule has 0 saturated carbocycles. The van der Waals surface area contributed by atoms with Crippen molar-refractivity contribution in [3.05, 3.63) is 40.4 Å². The van der Waals surface area contributed by atoms with Gasteiger partial charge in [-0.05, 0) is 19.1 Å². The molecule has 0 aliphatic rings. The highest BCUT2D eigenvalue weighted by Crippen LogP contribution is 2.13. The van der Waals surface area contributed by atoms with Crippen LogP contribution in [0.4, 0.5) is 0 Å². The molecule has 1 aromatic heterocycles. The molecule has 2 aromatic rings. The lowest BCUT2D eigenvalue weighted by Crippen LogP contribution is -2.23. The smallest absolute Gasteiger partial charge is 0.262 e. The Morgan fingerprint density at radius 2 is 2.06 bits per heavy atom. The van der Waals surface area contributed by atoms with Gasteiger partial charge in [0.15, 0.2) is 0 Å². The zero-order valence-electron chi connectivity index (χ0n) is 10.3. The minimum absolute atomic E-state index is 0.0567. The first-order valence-corrected chi connectivity index (χ1v) is 6.72. The van der Waals surface area contributed by atoms with E-state index in [0.29, 0.717) is 16.5 Å². The molecule has 0 unspecified atom stereocenters. The van der Waals surface area contributed by atoms with E-state index >= 15 is 0 Å². The Morgan fingerprint density at radius 1 is 1.35 bits per heavy atom. The van der Waals surface area contributed by atoms with Crippen molar-refractivity contribution < 1.29 is 0 Å². The standard InChI is InChI=1S/C13H16N2OS/c1-9(2)17-8-15-10(3)14-12-7-5-4-6-11(12)13(15)16/h4-7,9H,8H2,1-3H3. The van der Waals surface area contributed by atoms with Gasteiger partial charge in [0.2, 0.25) is 0 Å². The van der Waals surface area contributed by atoms with Gasteiger partial charge in [-0.25, -0.2) is 4.98 Å². The Balaban J connectivity index is 2.52. The number of fused-ring (bicyclic) bond motifs is 1. The second kappa shape index (κ2) is 4.92. The molecule has 0 aliphatic carbocycles. The molecule has 0 atom stereocenters. The first-order chi connectivity index (χ1) is 8.09. The lowest BCUT2D eigenvalue weighted by molar-refractivity contribution is 0.773. The first kappa shape index (κ1) is 12.2. The second-order valence-electron chi connectivity index (χ2n) is 4.25. The Morgan fingerprint density at radius 3 is 2.76 bits per heavy atom. The first-order valence-electron chi connectivity index (χ1n) is 5.67. The van der Waals surface area contributed by atoms with E-state index in [4.69, 9.17) is 0 Å². The third kappa shape index (κ3) is 2.52. The van der Waals surface area contributed by atoms with Crippen LogP contribution in [-0.4, -0.2) is 14.8 Å². The number of nitrogens with zero attached hydrogens (tertiary/aromatic N) is 2. The highest BCUT2D eigenvalue weighted by molar-refractivity contribution is 7.98. The van der Waals surface area contributed by atoms with Crippen molar-refractivity contribution in [3.63, 3.8) is 0 Å². The zero-order chi connectivity index (χ0) is 12.4. The average molecular weight is 248 g/mol. The highest BCUT2D eigenvalue weighted by Gasteiger charge is 2.07. The molecule has 0 spiro atoms. The number of hydrogen-bond acceptors (Lipinski definition) is 3. The maximum Gasteiger partial charge on any atom is 0.262 e. The van der Waals surface area contributed by atoms with Gasteiger partial charge in [-0.2, -0.15) is 0 Å². The molecule has 1 heterocycles. The minimum atomic E-state index is 0.0567. The lowest BCUT2D eigenvalue weighted by Gasteiger charge is -2.11. The van der Waals surface area contributed by atoms with Gasteiger partial charge in [-0.1, -0.05) is 26.0 Å². The Hall–Kier alpha value is -1.29. The molecule has 4 heteroatoms. The molecular weight excluding hydrogens is 232 g/mol. The van der Waals surface area contributed by atoms with Crippen molar-refractivity contribution in [1.29, 1.82) is 0 Å². The van der Waals surface area contributed by atoms with Crippen molar-refractivity contribution in [2.75, 3.05) is 0 Å². The molecule has 1 aromatic carbocycles. The summed E-state index contributed by atoms with van der Waals surface area (Å²) in [6, 6.07) is 7.49. The molecule has 17 heavy (non-hydrogen) atoms. The van der Waals surface area contributed by atoms with Crippen molar-refractivity contribution in [2.45, 2.75) is 31.9 Å². The van der Waals surface area contributed by atoms with E-state index in [1.54, 1.807) is 16.3 Å². The van der Waals surface area contributed by atoms with Gasteiger partial charge in [-0.3, -0.25) is 9.36 Å². The summed E-state index contributed by atoms with van der Waals surface area (Å²) in [6.45, 7) is 6.13. The van der Waals surface area contributed by atoms with Crippen LogP contribution in [0, 0.1) is 6.92 Å². The third-order valence-electron chi connectivity index (χ3n) is 2.59. The molecule has 3 nitrogen and oxygen atoms in total. The number of aromatic nitrogens is 2. The summed E-state index contributed by atoms with van der Waals surface area (Å²) in [6.07, 6.45) is 0. The lowest BCUT2D eigenvalue weighted by atomic mass is 10.2. The van der Waals surface area contributed by atoms with Crippen LogP contribution in [0.1, 0.15) is 19.7 Å². The predicted octanol–water partition coefficient (Wildman–Crippen LogP) is 2.80.